The van der Waals surface area contributed by atoms with Crippen molar-refractivity contribution < 1.29 is 8.42 Å². The van der Waals surface area contributed by atoms with Gasteiger partial charge in [-0.25, -0.2) is 8.42 Å². The summed E-state index contributed by atoms with van der Waals surface area (Å²) in [6.07, 6.45) is 2.27. The normalized spacial score (nSPS) is 11.4. The number of para-hydroxylation sites is 1. The Bertz CT molecular complexity index is 947. The van der Waals surface area contributed by atoms with Crippen molar-refractivity contribution in [3.63, 3.8) is 0 Å². The first-order valence-corrected chi connectivity index (χ1v) is 9.19. The van der Waals surface area contributed by atoms with Crippen molar-refractivity contribution in [3.05, 3.63) is 66.4 Å². The molecule has 6 heteroatoms. The summed E-state index contributed by atoms with van der Waals surface area (Å²) in [5, 5.41) is 4.33. The summed E-state index contributed by atoms with van der Waals surface area (Å²) in [6, 6.07) is 16.7. The van der Waals surface area contributed by atoms with Gasteiger partial charge in [0.15, 0.2) is 0 Å². The molecule has 1 heterocycles. The Labute approximate surface area is 142 Å². The molecule has 0 saturated heterocycles. The average molecular weight is 341 g/mol. The first kappa shape index (κ1) is 16.3. The first-order chi connectivity index (χ1) is 11.5. The molecule has 0 atom stereocenters. The van der Waals surface area contributed by atoms with Crippen LogP contribution in [-0.2, 0) is 23.5 Å². The molecule has 24 heavy (non-hydrogen) atoms. The molecule has 0 fully saturated rings. The van der Waals surface area contributed by atoms with Gasteiger partial charge in [0.25, 0.3) is 10.0 Å². The molecular weight excluding hydrogens is 322 g/mol. The lowest BCUT2D eigenvalue weighted by Gasteiger charge is -2.11. The van der Waals surface area contributed by atoms with Crippen molar-refractivity contribution in [2.24, 2.45) is 7.05 Å². The van der Waals surface area contributed by atoms with Gasteiger partial charge in [0, 0.05) is 18.8 Å². The number of rotatable bonds is 5. The van der Waals surface area contributed by atoms with Gasteiger partial charge in [-0.15, -0.1) is 0 Å². The van der Waals surface area contributed by atoms with Crippen molar-refractivity contribution in [2.75, 3.05) is 4.72 Å². The van der Waals surface area contributed by atoms with Crippen LogP contribution in [0.3, 0.4) is 0 Å². The van der Waals surface area contributed by atoms with Crippen molar-refractivity contribution in [3.8, 4) is 11.3 Å². The lowest BCUT2D eigenvalue weighted by molar-refractivity contribution is 0.601. The van der Waals surface area contributed by atoms with Gasteiger partial charge in [0.05, 0.1) is 5.69 Å². The summed E-state index contributed by atoms with van der Waals surface area (Å²) < 4.78 is 30.0. The molecule has 1 aromatic heterocycles. The number of nitrogens with one attached hydrogen (secondary N) is 1. The fraction of sp³-hybridized carbons (Fsp3) is 0.167. The molecule has 124 valence electrons. The van der Waals surface area contributed by atoms with Gasteiger partial charge >= 0.3 is 0 Å². The Morgan fingerprint density at radius 2 is 1.71 bits per heavy atom. The lowest BCUT2D eigenvalue weighted by atomic mass is 10.1. The van der Waals surface area contributed by atoms with E-state index in [1.54, 1.807) is 13.1 Å². The molecule has 1 N–H and O–H groups in total. The zero-order chi connectivity index (χ0) is 17.2. The molecule has 5 nitrogen and oxygen atoms in total. The number of aromatic nitrogens is 2. The molecule has 0 unspecified atom stereocenters. The summed E-state index contributed by atoms with van der Waals surface area (Å²) in [7, 11) is -2.02. The summed E-state index contributed by atoms with van der Waals surface area (Å²) in [6.45, 7) is 1.99. The van der Waals surface area contributed by atoms with Gasteiger partial charge in [-0.3, -0.25) is 9.40 Å². The molecule has 0 aliphatic rings. The van der Waals surface area contributed by atoms with Crippen molar-refractivity contribution >= 4 is 15.7 Å². The van der Waals surface area contributed by atoms with Crippen LogP contribution < -0.4 is 4.72 Å². The van der Waals surface area contributed by atoms with Crippen LogP contribution in [0.1, 0.15) is 12.5 Å². The van der Waals surface area contributed by atoms with Gasteiger partial charge in [-0.05, 0) is 18.1 Å². The van der Waals surface area contributed by atoms with Crippen molar-refractivity contribution in [2.45, 2.75) is 18.2 Å². The maximum atomic E-state index is 12.9. The molecule has 0 aliphatic heterocycles. The van der Waals surface area contributed by atoms with Crippen LogP contribution in [0.15, 0.2) is 65.7 Å². The van der Waals surface area contributed by atoms with E-state index in [2.05, 4.69) is 9.82 Å². The van der Waals surface area contributed by atoms with Crippen molar-refractivity contribution in [1.29, 1.82) is 0 Å². The van der Waals surface area contributed by atoms with Crippen LogP contribution >= 0.6 is 0 Å². The van der Waals surface area contributed by atoms with E-state index >= 15 is 0 Å². The molecule has 3 rings (SSSR count). The number of nitrogens with zero attached hydrogens (tertiary/aromatic N) is 2. The van der Waals surface area contributed by atoms with Gasteiger partial charge in [-0.1, -0.05) is 55.5 Å². The molecule has 0 amide bonds. The molecule has 0 spiro atoms. The van der Waals surface area contributed by atoms with E-state index in [-0.39, 0.29) is 4.90 Å². The zero-order valence-electron chi connectivity index (χ0n) is 13.6. The van der Waals surface area contributed by atoms with Gasteiger partial charge in [0.2, 0.25) is 0 Å². The number of aryl methyl sites for hydroxylation is 2. The Morgan fingerprint density at radius 1 is 1.04 bits per heavy atom. The summed E-state index contributed by atoms with van der Waals surface area (Å²) >= 11 is 0. The van der Waals surface area contributed by atoms with Crippen LogP contribution in [0, 0.1) is 0 Å². The molecule has 0 radical (unpaired) electrons. The fourth-order valence-corrected chi connectivity index (χ4v) is 3.89. The maximum absolute atomic E-state index is 12.9. The second-order valence-electron chi connectivity index (χ2n) is 5.50. The highest BCUT2D eigenvalue weighted by atomic mass is 32.2. The third-order valence-electron chi connectivity index (χ3n) is 3.77. The topological polar surface area (TPSA) is 64.0 Å². The average Bonchev–Trinajstić information content (AvgIpc) is 2.99. The van der Waals surface area contributed by atoms with Crippen LogP contribution in [0.5, 0.6) is 0 Å². The van der Waals surface area contributed by atoms with E-state index in [4.69, 9.17) is 0 Å². The third kappa shape index (κ3) is 3.19. The number of anilines is 1. The highest BCUT2D eigenvalue weighted by molar-refractivity contribution is 7.92. The van der Waals surface area contributed by atoms with Crippen LogP contribution in [0.2, 0.25) is 0 Å². The van der Waals surface area contributed by atoms with Crippen LogP contribution in [0.25, 0.3) is 11.3 Å². The Balaban J connectivity index is 2.05. The highest BCUT2D eigenvalue weighted by Gasteiger charge is 2.23. The van der Waals surface area contributed by atoms with Crippen LogP contribution in [0.4, 0.5) is 5.69 Å². The largest absolute Gasteiger partial charge is 0.279 e. The Kier molecular flexibility index (Phi) is 4.40. The minimum Gasteiger partial charge on any atom is -0.279 e. The van der Waals surface area contributed by atoms with Gasteiger partial charge in [0.1, 0.15) is 10.6 Å². The van der Waals surface area contributed by atoms with E-state index in [1.165, 1.54) is 10.9 Å². The first-order valence-electron chi connectivity index (χ1n) is 7.71. The Hall–Kier alpha value is -2.60. The van der Waals surface area contributed by atoms with Gasteiger partial charge in [-0.2, -0.15) is 5.10 Å². The predicted octanol–water partition coefficient (Wildman–Crippen LogP) is 3.45. The molecule has 0 saturated carbocycles. The minimum atomic E-state index is -3.74. The van der Waals surface area contributed by atoms with E-state index in [9.17, 15) is 8.42 Å². The standard InChI is InChI=1S/C18H19N3O2S/c1-3-14-9-7-8-12-16(14)20-24(22,23)17-13-21(2)19-18(17)15-10-5-4-6-11-15/h4-13,20H,3H2,1-2H3. The Morgan fingerprint density at radius 3 is 2.42 bits per heavy atom. The lowest BCUT2D eigenvalue weighted by Crippen LogP contribution is -2.14. The predicted molar refractivity (Wildman–Crippen MR) is 95.3 cm³/mol. The smallest absolute Gasteiger partial charge is 0.265 e. The van der Waals surface area contributed by atoms with Crippen molar-refractivity contribution in [1.82, 2.24) is 9.78 Å². The fourth-order valence-electron chi connectivity index (χ4n) is 2.59. The SMILES string of the molecule is CCc1ccccc1NS(=O)(=O)c1cn(C)nc1-c1ccccc1. The third-order valence-corrected chi connectivity index (χ3v) is 5.14. The molecule has 3 aromatic rings. The monoisotopic (exact) mass is 341 g/mol. The number of benzene rings is 2. The second kappa shape index (κ2) is 6.49. The molecular formula is C18H19N3O2S. The highest BCUT2D eigenvalue weighted by Crippen LogP contribution is 2.28. The van der Waals surface area contributed by atoms with E-state index in [0.29, 0.717) is 11.4 Å². The maximum Gasteiger partial charge on any atom is 0.265 e. The molecule has 2 aromatic carbocycles. The van der Waals surface area contributed by atoms with Gasteiger partial charge < -0.3 is 0 Å². The molecule has 0 bridgehead atoms. The van der Waals surface area contributed by atoms with E-state index in [1.807, 2.05) is 55.5 Å². The second-order valence-corrected chi connectivity index (χ2v) is 7.15. The summed E-state index contributed by atoms with van der Waals surface area (Å²) in [5.41, 5.74) is 2.76. The van der Waals surface area contributed by atoms with E-state index < -0.39 is 10.0 Å². The minimum absolute atomic E-state index is 0.169. The van der Waals surface area contributed by atoms with E-state index in [0.717, 1.165) is 17.5 Å². The number of sulfonamides is 1. The quantitative estimate of drug-likeness (QED) is 0.773. The number of hydrogen-bond donors (Lipinski definition) is 1. The molecule has 0 aliphatic carbocycles. The number of hydrogen-bond acceptors (Lipinski definition) is 3. The summed E-state index contributed by atoms with van der Waals surface area (Å²) in [5.74, 6) is 0. The summed E-state index contributed by atoms with van der Waals surface area (Å²) in [4.78, 5) is 0.169. The zero-order valence-corrected chi connectivity index (χ0v) is 14.4. The van der Waals surface area contributed by atoms with Crippen LogP contribution in [-0.4, -0.2) is 18.2 Å².